The van der Waals surface area contributed by atoms with Gasteiger partial charge in [-0.2, -0.15) is 0 Å². The van der Waals surface area contributed by atoms with Crippen LogP contribution >= 0.6 is 0 Å². The minimum absolute atomic E-state index is 0.185. The number of ether oxygens (including phenoxy) is 1. The Bertz CT molecular complexity index is 520. The number of carbonyl (C=O) groups is 1. The highest BCUT2D eigenvalue weighted by atomic mass is 32.2. The molecular weight excluding hydrogens is 248 g/mol. The summed E-state index contributed by atoms with van der Waals surface area (Å²) in [5, 5.41) is 17.8. The summed E-state index contributed by atoms with van der Waals surface area (Å²) in [6.45, 7) is 0. The molecule has 0 aromatic heterocycles. The van der Waals surface area contributed by atoms with Crippen LogP contribution in [0.2, 0.25) is 0 Å². The Labute approximate surface area is 98.4 Å². The van der Waals surface area contributed by atoms with Crippen LogP contribution in [-0.4, -0.2) is 37.5 Å². The number of aromatic hydroxyl groups is 1. The van der Waals surface area contributed by atoms with Gasteiger partial charge in [-0.1, -0.05) is 6.07 Å². The third-order valence-electron chi connectivity index (χ3n) is 1.97. The third kappa shape index (κ3) is 3.95. The maximum Gasteiger partial charge on any atom is 0.318 e. The molecule has 0 radical (unpaired) electrons. The Kier molecular flexibility index (Phi) is 3.95. The molecule has 0 heterocycles. The number of hydrogen-bond donors (Lipinski definition) is 2. The molecule has 7 heteroatoms. The van der Waals surface area contributed by atoms with E-state index in [4.69, 9.17) is 9.84 Å². The highest BCUT2D eigenvalue weighted by Crippen LogP contribution is 2.26. The van der Waals surface area contributed by atoms with Crippen molar-refractivity contribution in [1.82, 2.24) is 0 Å². The van der Waals surface area contributed by atoms with E-state index in [2.05, 4.69) is 0 Å². The van der Waals surface area contributed by atoms with E-state index >= 15 is 0 Å². The fourth-order valence-electron chi connectivity index (χ4n) is 1.32. The topological polar surface area (TPSA) is 101 Å². The van der Waals surface area contributed by atoms with Crippen LogP contribution in [0.25, 0.3) is 0 Å². The van der Waals surface area contributed by atoms with Gasteiger partial charge in [-0.25, -0.2) is 8.42 Å². The van der Waals surface area contributed by atoms with Crippen LogP contribution in [0.4, 0.5) is 0 Å². The fraction of sp³-hybridized carbons (Fsp3) is 0.300. The van der Waals surface area contributed by atoms with E-state index in [1.54, 1.807) is 0 Å². The first-order valence-electron chi connectivity index (χ1n) is 4.62. The monoisotopic (exact) mass is 260 g/mol. The molecule has 0 fully saturated rings. The second-order valence-electron chi connectivity index (χ2n) is 3.43. The molecule has 1 aromatic carbocycles. The molecule has 0 saturated carbocycles. The third-order valence-corrected chi connectivity index (χ3v) is 3.43. The summed E-state index contributed by atoms with van der Waals surface area (Å²) in [5.41, 5.74) is 0.310. The summed E-state index contributed by atoms with van der Waals surface area (Å²) in [5.74, 6) is -2.72. The highest BCUT2D eigenvalue weighted by Gasteiger charge is 2.17. The van der Waals surface area contributed by atoms with Crippen LogP contribution in [0.3, 0.4) is 0 Å². The Hall–Kier alpha value is -1.76. The molecular formula is C10H12O6S. The molecule has 0 aliphatic carbocycles. The Morgan fingerprint density at radius 3 is 2.53 bits per heavy atom. The molecule has 0 bridgehead atoms. The second kappa shape index (κ2) is 5.05. The molecule has 0 amide bonds. The lowest BCUT2D eigenvalue weighted by molar-refractivity contribution is -0.134. The number of carboxylic acid groups (broad SMARTS) is 1. The number of hydrogen-bond acceptors (Lipinski definition) is 5. The molecule has 0 spiro atoms. The minimum Gasteiger partial charge on any atom is -0.504 e. The van der Waals surface area contributed by atoms with E-state index in [9.17, 15) is 18.3 Å². The van der Waals surface area contributed by atoms with Crippen molar-refractivity contribution >= 4 is 15.8 Å². The number of rotatable bonds is 5. The van der Waals surface area contributed by atoms with Crippen LogP contribution < -0.4 is 4.74 Å². The molecule has 17 heavy (non-hydrogen) atoms. The maximum atomic E-state index is 11.4. The first kappa shape index (κ1) is 13.3. The number of phenolic OH excluding ortho intramolecular Hbond substituents is 1. The largest absolute Gasteiger partial charge is 0.504 e. The quantitative estimate of drug-likeness (QED) is 0.794. The van der Waals surface area contributed by atoms with Crippen LogP contribution in [0, 0.1) is 0 Å². The van der Waals surface area contributed by atoms with E-state index < -0.39 is 27.3 Å². The van der Waals surface area contributed by atoms with Crippen LogP contribution in [-0.2, 0) is 20.4 Å². The summed E-state index contributed by atoms with van der Waals surface area (Å²) in [7, 11) is -2.35. The lowest BCUT2D eigenvalue weighted by Crippen LogP contribution is -2.16. The number of phenols is 1. The van der Waals surface area contributed by atoms with Gasteiger partial charge in [0.1, 0.15) is 5.75 Å². The van der Waals surface area contributed by atoms with Crippen molar-refractivity contribution in [2.24, 2.45) is 0 Å². The van der Waals surface area contributed by atoms with Crippen molar-refractivity contribution in [1.29, 1.82) is 0 Å². The Morgan fingerprint density at radius 1 is 1.41 bits per heavy atom. The molecule has 2 N–H and O–H groups in total. The number of benzene rings is 1. The van der Waals surface area contributed by atoms with Crippen molar-refractivity contribution < 1.29 is 28.2 Å². The molecule has 1 rings (SSSR count). The lowest BCUT2D eigenvalue weighted by atomic mass is 10.2. The maximum absolute atomic E-state index is 11.4. The summed E-state index contributed by atoms with van der Waals surface area (Å²) in [6, 6.07) is 4.11. The van der Waals surface area contributed by atoms with Gasteiger partial charge in [-0.15, -0.1) is 0 Å². The first-order valence-corrected chi connectivity index (χ1v) is 6.44. The Balaban J connectivity index is 2.89. The molecule has 0 atom stereocenters. The summed E-state index contributed by atoms with van der Waals surface area (Å²) < 4.78 is 27.6. The second-order valence-corrected chi connectivity index (χ2v) is 5.50. The normalized spacial score (nSPS) is 11.1. The predicted molar refractivity (Wildman–Crippen MR) is 59.8 cm³/mol. The molecule has 0 unspecified atom stereocenters. The number of methoxy groups -OCH3 is 1. The van der Waals surface area contributed by atoms with Gasteiger partial charge >= 0.3 is 5.97 Å². The minimum atomic E-state index is -3.72. The van der Waals surface area contributed by atoms with Crippen LogP contribution in [0.5, 0.6) is 11.5 Å². The summed E-state index contributed by atoms with van der Waals surface area (Å²) >= 11 is 0. The summed E-state index contributed by atoms with van der Waals surface area (Å²) in [6.07, 6.45) is 0. The van der Waals surface area contributed by atoms with Gasteiger partial charge in [0.2, 0.25) is 0 Å². The average molecular weight is 260 g/mol. The zero-order valence-corrected chi connectivity index (χ0v) is 9.90. The van der Waals surface area contributed by atoms with Crippen molar-refractivity contribution in [2.75, 3.05) is 12.9 Å². The smallest absolute Gasteiger partial charge is 0.318 e. The fourth-order valence-corrected chi connectivity index (χ4v) is 2.48. The summed E-state index contributed by atoms with van der Waals surface area (Å²) in [4.78, 5) is 10.3. The van der Waals surface area contributed by atoms with E-state index in [0.717, 1.165) is 0 Å². The molecule has 0 aliphatic heterocycles. The number of sulfone groups is 1. The van der Waals surface area contributed by atoms with E-state index in [0.29, 0.717) is 5.56 Å². The SMILES string of the molecule is COc1ccc(CS(=O)(=O)CC(=O)O)cc1O. The standard InChI is InChI=1S/C10H12O6S/c1-16-9-3-2-7(4-8(9)11)5-17(14,15)6-10(12)13/h2-4,11H,5-6H2,1H3,(H,12,13). The number of carboxylic acids is 1. The van der Waals surface area contributed by atoms with E-state index in [-0.39, 0.29) is 11.5 Å². The zero-order valence-electron chi connectivity index (χ0n) is 9.08. The molecule has 1 aromatic rings. The number of aliphatic carboxylic acids is 1. The van der Waals surface area contributed by atoms with Crippen molar-refractivity contribution in [3.63, 3.8) is 0 Å². The van der Waals surface area contributed by atoms with Gasteiger partial charge < -0.3 is 14.9 Å². The molecule has 6 nitrogen and oxygen atoms in total. The zero-order chi connectivity index (χ0) is 13.1. The lowest BCUT2D eigenvalue weighted by Gasteiger charge is -2.06. The van der Waals surface area contributed by atoms with Gasteiger partial charge in [0.25, 0.3) is 0 Å². The van der Waals surface area contributed by atoms with E-state index in [1.807, 2.05) is 0 Å². The average Bonchev–Trinajstić information content (AvgIpc) is 2.14. The van der Waals surface area contributed by atoms with Crippen LogP contribution in [0.1, 0.15) is 5.56 Å². The van der Waals surface area contributed by atoms with Gasteiger partial charge in [-0.05, 0) is 17.7 Å². The van der Waals surface area contributed by atoms with Crippen molar-refractivity contribution in [3.05, 3.63) is 23.8 Å². The predicted octanol–water partition coefficient (Wildman–Crippen LogP) is 0.400. The van der Waals surface area contributed by atoms with Gasteiger partial charge in [0.15, 0.2) is 21.3 Å². The van der Waals surface area contributed by atoms with E-state index in [1.165, 1.54) is 25.3 Å². The van der Waals surface area contributed by atoms with Crippen molar-refractivity contribution in [3.8, 4) is 11.5 Å². The first-order chi connectivity index (χ1) is 7.84. The Morgan fingerprint density at radius 2 is 2.06 bits per heavy atom. The highest BCUT2D eigenvalue weighted by molar-refractivity contribution is 7.91. The molecule has 94 valence electrons. The van der Waals surface area contributed by atoms with Gasteiger partial charge in [0, 0.05) is 0 Å². The van der Waals surface area contributed by atoms with Crippen LogP contribution in [0.15, 0.2) is 18.2 Å². The molecule has 0 aliphatic rings. The van der Waals surface area contributed by atoms with Crippen molar-refractivity contribution in [2.45, 2.75) is 5.75 Å². The van der Waals surface area contributed by atoms with Gasteiger partial charge in [-0.3, -0.25) is 4.79 Å². The van der Waals surface area contributed by atoms with Gasteiger partial charge in [0.05, 0.1) is 12.9 Å². The molecule has 0 saturated heterocycles.